The summed E-state index contributed by atoms with van der Waals surface area (Å²) in [5.74, 6) is -0.369. The van der Waals surface area contributed by atoms with Crippen LogP contribution in [0.15, 0.2) is 0 Å². The molecular weight excluding hydrogens is 206 g/mol. The lowest BCUT2D eigenvalue weighted by Crippen LogP contribution is -2.58. The number of imide groups is 1. The number of carbonyl (C=O) groups excluding carboxylic acids is 2. The Balaban J connectivity index is 1.98. The van der Waals surface area contributed by atoms with Gasteiger partial charge in [-0.25, -0.2) is 0 Å². The number of nitrogens with two attached hydrogens (primary N) is 1. The van der Waals surface area contributed by atoms with Crippen LogP contribution in [0, 0.1) is 5.41 Å². The van der Waals surface area contributed by atoms with Crippen LogP contribution in [0.4, 0.5) is 0 Å². The number of hydrogen-bond acceptors (Lipinski definition) is 4. The number of piperazine rings is 1. The van der Waals surface area contributed by atoms with Gasteiger partial charge in [0.2, 0.25) is 11.8 Å². The molecular formula is C11H19N3O2. The SMILES string of the molecule is CC1C(=O)NC(=O)CN1CC1(CCN)CC1. The van der Waals surface area contributed by atoms with Crippen molar-refractivity contribution in [3.63, 3.8) is 0 Å². The first-order chi connectivity index (χ1) is 7.56. The Hall–Kier alpha value is -0.940. The number of nitrogens with zero attached hydrogens (tertiary/aromatic N) is 1. The van der Waals surface area contributed by atoms with Crippen LogP contribution in [0.1, 0.15) is 26.2 Å². The number of carbonyl (C=O) groups is 2. The summed E-state index contributed by atoms with van der Waals surface area (Å²) >= 11 is 0. The van der Waals surface area contributed by atoms with Crippen molar-refractivity contribution in [2.45, 2.75) is 32.2 Å². The summed E-state index contributed by atoms with van der Waals surface area (Å²) in [5, 5.41) is 2.35. The van der Waals surface area contributed by atoms with Gasteiger partial charge in [-0.1, -0.05) is 0 Å². The molecule has 0 spiro atoms. The van der Waals surface area contributed by atoms with Crippen molar-refractivity contribution in [3.05, 3.63) is 0 Å². The molecule has 3 N–H and O–H groups in total. The highest BCUT2D eigenvalue weighted by Gasteiger charge is 2.45. The molecule has 0 aromatic rings. The first-order valence-corrected chi connectivity index (χ1v) is 5.84. The maximum Gasteiger partial charge on any atom is 0.243 e. The van der Waals surface area contributed by atoms with Crippen molar-refractivity contribution in [1.82, 2.24) is 10.2 Å². The van der Waals surface area contributed by atoms with Gasteiger partial charge >= 0.3 is 0 Å². The van der Waals surface area contributed by atoms with E-state index in [0.29, 0.717) is 13.1 Å². The van der Waals surface area contributed by atoms with Crippen LogP contribution < -0.4 is 11.1 Å². The van der Waals surface area contributed by atoms with Crippen LogP contribution in [0.5, 0.6) is 0 Å². The molecule has 2 fully saturated rings. The van der Waals surface area contributed by atoms with E-state index in [-0.39, 0.29) is 23.3 Å². The van der Waals surface area contributed by atoms with E-state index in [0.717, 1.165) is 13.0 Å². The molecule has 1 atom stereocenters. The molecule has 2 aliphatic rings. The molecule has 1 aliphatic carbocycles. The number of amides is 2. The molecule has 5 heteroatoms. The summed E-state index contributed by atoms with van der Waals surface area (Å²) in [4.78, 5) is 24.8. The lowest BCUT2D eigenvalue weighted by atomic mass is 10.00. The predicted octanol–water partition coefficient (Wildman–Crippen LogP) is -0.538. The van der Waals surface area contributed by atoms with Crippen LogP contribution >= 0.6 is 0 Å². The second kappa shape index (κ2) is 4.14. The highest BCUT2D eigenvalue weighted by molar-refractivity contribution is 6.00. The summed E-state index contributed by atoms with van der Waals surface area (Å²) in [6.45, 7) is 3.69. The molecule has 1 heterocycles. The topological polar surface area (TPSA) is 75.4 Å². The molecule has 2 amide bonds. The average Bonchev–Trinajstić information content (AvgIpc) is 2.94. The molecule has 0 bridgehead atoms. The molecule has 1 saturated carbocycles. The number of rotatable bonds is 4. The highest BCUT2D eigenvalue weighted by atomic mass is 16.2. The van der Waals surface area contributed by atoms with E-state index in [1.807, 2.05) is 11.8 Å². The Morgan fingerprint density at radius 3 is 2.75 bits per heavy atom. The van der Waals surface area contributed by atoms with Gasteiger partial charge in [-0.3, -0.25) is 19.8 Å². The van der Waals surface area contributed by atoms with E-state index in [4.69, 9.17) is 5.73 Å². The van der Waals surface area contributed by atoms with E-state index < -0.39 is 0 Å². The Morgan fingerprint density at radius 2 is 2.19 bits per heavy atom. The van der Waals surface area contributed by atoms with E-state index in [2.05, 4.69) is 5.32 Å². The Bertz CT molecular complexity index is 312. The molecule has 0 aromatic carbocycles. The van der Waals surface area contributed by atoms with Crippen LogP contribution in [0.3, 0.4) is 0 Å². The molecule has 5 nitrogen and oxygen atoms in total. The van der Waals surface area contributed by atoms with Gasteiger partial charge in [-0.15, -0.1) is 0 Å². The fraction of sp³-hybridized carbons (Fsp3) is 0.818. The number of nitrogens with one attached hydrogen (secondary N) is 1. The Morgan fingerprint density at radius 1 is 1.50 bits per heavy atom. The van der Waals surface area contributed by atoms with Crippen LogP contribution in [-0.2, 0) is 9.59 Å². The van der Waals surface area contributed by atoms with E-state index >= 15 is 0 Å². The minimum absolute atomic E-state index is 0.181. The van der Waals surface area contributed by atoms with Crippen LogP contribution in [0.2, 0.25) is 0 Å². The second-order valence-corrected chi connectivity index (χ2v) is 5.03. The van der Waals surface area contributed by atoms with Gasteiger partial charge in [0.25, 0.3) is 0 Å². The van der Waals surface area contributed by atoms with Gasteiger partial charge in [0, 0.05) is 6.54 Å². The Labute approximate surface area is 95.3 Å². The quantitative estimate of drug-likeness (QED) is 0.630. The zero-order valence-electron chi connectivity index (χ0n) is 9.66. The van der Waals surface area contributed by atoms with Crippen molar-refractivity contribution >= 4 is 11.8 Å². The molecule has 90 valence electrons. The smallest absolute Gasteiger partial charge is 0.243 e. The second-order valence-electron chi connectivity index (χ2n) is 5.03. The maximum atomic E-state index is 11.5. The third-order valence-electron chi connectivity index (χ3n) is 3.71. The van der Waals surface area contributed by atoms with Crippen molar-refractivity contribution in [1.29, 1.82) is 0 Å². The fourth-order valence-corrected chi connectivity index (χ4v) is 2.36. The molecule has 0 aromatic heterocycles. The minimum Gasteiger partial charge on any atom is -0.330 e. The molecule has 1 aliphatic heterocycles. The van der Waals surface area contributed by atoms with E-state index in [9.17, 15) is 9.59 Å². The third kappa shape index (κ3) is 2.25. The maximum absolute atomic E-state index is 11.5. The van der Waals surface area contributed by atoms with Crippen LogP contribution in [0.25, 0.3) is 0 Å². The summed E-state index contributed by atoms with van der Waals surface area (Å²) in [6, 6.07) is -0.201. The number of hydrogen-bond donors (Lipinski definition) is 2. The summed E-state index contributed by atoms with van der Waals surface area (Å²) in [6.07, 6.45) is 3.33. The van der Waals surface area contributed by atoms with Gasteiger partial charge in [-0.2, -0.15) is 0 Å². The largest absolute Gasteiger partial charge is 0.330 e. The van der Waals surface area contributed by atoms with Gasteiger partial charge in [0.1, 0.15) is 0 Å². The molecule has 2 rings (SSSR count). The third-order valence-corrected chi connectivity index (χ3v) is 3.71. The van der Waals surface area contributed by atoms with Gasteiger partial charge in [-0.05, 0) is 38.1 Å². The first kappa shape index (κ1) is 11.5. The summed E-state index contributed by atoms with van der Waals surface area (Å²) < 4.78 is 0. The minimum atomic E-state index is -0.201. The van der Waals surface area contributed by atoms with Crippen molar-refractivity contribution < 1.29 is 9.59 Å². The molecule has 16 heavy (non-hydrogen) atoms. The van der Waals surface area contributed by atoms with Crippen molar-refractivity contribution in [2.75, 3.05) is 19.6 Å². The standard InChI is InChI=1S/C11H19N3O2/c1-8-10(16)13-9(15)6-14(8)7-11(2-3-11)4-5-12/h8H,2-7,12H2,1H3,(H,13,15,16). The summed E-state index contributed by atoms with van der Waals surface area (Å²) in [7, 11) is 0. The lowest BCUT2D eigenvalue weighted by molar-refractivity contribution is -0.139. The van der Waals surface area contributed by atoms with Crippen molar-refractivity contribution in [2.24, 2.45) is 11.1 Å². The van der Waals surface area contributed by atoms with E-state index in [1.54, 1.807) is 0 Å². The van der Waals surface area contributed by atoms with Gasteiger partial charge in [0.15, 0.2) is 0 Å². The fourth-order valence-electron chi connectivity index (χ4n) is 2.36. The predicted molar refractivity (Wildman–Crippen MR) is 59.5 cm³/mol. The Kier molecular flexibility index (Phi) is 2.99. The van der Waals surface area contributed by atoms with E-state index in [1.165, 1.54) is 12.8 Å². The van der Waals surface area contributed by atoms with Gasteiger partial charge in [0.05, 0.1) is 12.6 Å². The van der Waals surface area contributed by atoms with Gasteiger partial charge < -0.3 is 5.73 Å². The van der Waals surface area contributed by atoms with Crippen LogP contribution in [-0.4, -0.2) is 42.4 Å². The lowest BCUT2D eigenvalue weighted by Gasteiger charge is -2.34. The zero-order valence-corrected chi connectivity index (χ0v) is 9.66. The zero-order chi connectivity index (χ0) is 11.8. The van der Waals surface area contributed by atoms with Crippen molar-refractivity contribution in [3.8, 4) is 0 Å². The monoisotopic (exact) mass is 225 g/mol. The normalized spacial score (nSPS) is 29.0. The first-order valence-electron chi connectivity index (χ1n) is 5.84. The molecule has 0 radical (unpaired) electrons. The highest BCUT2D eigenvalue weighted by Crippen LogP contribution is 2.49. The molecule has 1 unspecified atom stereocenters. The average molecular weight is 225 g/mol. The molecule has 1 saturated heterocycles. The summed E-state index contributed by atoms with van der Waals surface area (Å²) in [5.41, 5.74) is 5.86.